The molecular weight excluding hydrogens is 916 g/mol. The van der Waals surface area contributed by atoms with E-state index in [1.54, 1.807) is 0 Å². The number of esters is 2. The zero-order valence-electron chi connectivity index (χ0n) is 36.2. The molecule has 1 aliphatic carbocycles. The molecule has 7 atom stereocenters. The van der Waals surface area contributed by atoms with Gasteiger partial charge in [-0.1, -0.05) is 13.8 Å². The number of hydrogen-bond donors (Lipinski definition) is 11. The smallest absolute Gasteiger partial charge is 0.345 e. The van der Waals surface area contributed by atoms with Crippen LogP contribution >= 0.6 is 0 Å². The summed E-state index contributed by atoms with van der Waals surface area (Å²) in [4.78, 5) is 138. The molecule has 0 heterocycles. The van der Waals surface area contributed by atoms with Gasteiger partial charge in [-0.2, -0.15) is 0 Å². The third-order valence-electron chi connectivity index (χ3n) is 10.4. The molecule has 366 valence electrons. The molecule has 25 heteroatoms. The maximum Gasteiger partial charge on any atom is 0.345 e. The normalized spacial score (nSPS) is 15.6. The Balaban J connectivity index is 2.43. The number of benzene rings is 2. The summed E-state index contributed by atoms with van der Waals surface area (Å²) >= 11 is 0. The number of allylic oxidation sites excluding steroid dienone is 4. The first-order valence-electron chi connectivity index (χ1n) is 19.7. The van der Waals surface area contributed by atoms with Crippen LogP contribution < -0.4 is 4.74 Å². The fourth-order valence-corrected chi connectivity index (χ4v) is 7.01. The lowest BCUT2D eigenvalue weighted by Gasteiger charge is -2.29. The standard InChI is InChI=1S/C43H44O25/c1-13(2)18-8-21(30(33(53)17-6-23(45)36(56)24(46)7-17)38(58)39(18)68-26(41(61)62)11-28(50)51)35(55)31(42(63)64)29-14(3)19(9-25(47)37(29)57)34(54)22(20(40(59)60)10-27(48)49)12-66-43(65)32(52)15(4)67-16(5)44/h6-9,13,15,20,22,26,31-32,35,45,47,52,55,57-58H,10-12H2,1-5H3,(H,48,49)(H,50,51)(H,59,60)(H,61,62)(H,63,64). The molecule has 11 N–H and O–H groups in total. The first-order valence-corrected chi connectivity index (χ1v) is 19.7. The van der Waals surface area contributed by atoms with Crippen molar-refractivity contribution >= 4 is 64.9 Å². The second kappa shape index (κ2) is 21.9. The fourth-order valence-electron chi connectivity index (χ4n) is 7.01. The van der Waals surface area contributed by atoms with E-state index in [4.69, 9.17) is 14.2 Å². The maximum absolute atomic E-state index is 14.4. The first kappa shape index (κ1) is 54.1. The first-order chi connectivity index (χ1) is 31.4. The van der Waals surface area contributed by atoms with Gasteiger partial charge in [0.15, 0.2) is 46.4 Å². The molecule has 0 aliphatic heterocycles. The minimum Gasteiger partial charge on any atom is -0.504 e. The summed E-state index contributed by atoms with van der Waals surface area (Å²) in [5.41, 5.74) is -6.15. The monoisotopic (exact) mass is 960 g/mol. The molecule has 0 saturated carbocycles. The van der Waals surface area contributed by atoms with Gasteiger partial charge in [0.2, 0.25) is 11.9 Å². The van der Waals surface area contributed by atoms with E-state index in [1.165, 1.54) is 13.8 Å². The highest BCUT2D eigenvalue weighted by atomic mass is 16.6. The molecule has 25 nitrogen and oxygen atoms in total. The average molecular weight is 961 g/mol. The summed E-state index contributed by atoms with van der Waals surface area (Å²) in [6, 6.07) is 1.25. The molecule has 0 saturated heterocycles. The van der Waals surface area contributed by atoms with Gasteiger partial charge in [-0.05, 0) is 49.1 Å². The Morgan fingerprint density at radius 2 is 1.31 bits per heavy atom. The van der Waals surface area contributed by atoms with Crippen molar-refractivity contribution in [3.05, 3.63) is 69.0 Å². The largest absolute Gasteiger partial charge is 0.504 e. The second-order valence-electron chi connectivity index (χ2n) is 15.5. The Hall–Kier alpha value is -8.19. The number of aliphatic hydroxyl groups excluding tert-OH is 3. The molecule has 3 rings (SSSR count). The fraction of sp³-hybridized carbons (Fsp3) is 0.372. The number of Topliss-reactive ketones (excluding diaryl/α,β-unsaturated/α-hetero) is 3. The van der Waals surface area contributed by atoms with Gasteiger partial charge in [0.25, 0.3) is 5.78 Å². The van der Waals surface area contributed by atoms with Crippen molar-refractivity contribution in [1.29, 1.82) is 0 Å². The van der Waals surface area contributed by atoms with Crippen LogP contribution in [0.1, 0.15) is 101 Å². The molecule has 1 aliphatic rings. The van der Waals surface area contributed by atoms with Crippen molar-refractivity contribution in [2.75, 3.05) is 6.61 Å². The summed E-state index contributed by atoms with van der Waals surface area (Å²) in [7, 11) is 0. The van der Waals surface area contributed by atoms with E-state index in [9.17, 15) is 109 Å². The number of aromatic hydroxyl groups is 3. The van der Waals surface area contributed by atoms with Gasteiger partial charge < -0.3 is 70.4 Å². The molecule has 0 radical (unpaired) electrons. The minimum absolute atomic E-state index is 0.355. The number of aliphatic carboxylic acids is 5. The van der Waals surface area contributed by atoms with E-state index >= 15 is 0 Å². The van der Waals surface area contributed by atoms with E-state index in [2.05, 4.69) is 0 Å². The predicted octanol–water partition coefficient (Wildman–Crippen LogP) is 0.977. The average Bonchev–Trinajstić information content (AvgIpc) is 3.23. The van der Waals surface area contributed by atoms with Crippen molar-refractivity contribution < 1.29 is 123 Å². The number of phenols is 3. The highest BCUT2D eigenvalue weighted by Gasteiger charge is 2.43. The molecule has 0 aromatic heterocycles. The number of carbonyl (C=O) groups is 11. The number of rotatable bonds is 23. The van der Waals surface area contributed by atoms with Crippen LogP contribution in [-0.2, 0) is 52.6 Å². The van der Waals surface area contributed by atoms with E-state index in [1.807, 2.05) is 0 Å². The van der Waals surface area contributed by atoms with Crippen LogP contribution in [0, 0.1) is 18.8 Å². The Morgan fingerprint density at radius 1 is 0.721 bits per heavy atom. The Kier molecular flexibility index (Phi) is 17.4. The number of carbonyl (C=O) groups excluding carboxylic acids is 6. The quantitative estimate of drug-likeness (QED) is 0.0243. The third kappa shape index (κ3) is 12.0. The van der Waals surface area contributed by atoms with Gasteiger partial charge in [-0.25, -0.2) is 9.59 Å². The number of carboxylic acids is 5. The topological polar surface area (TPSA) is 438 Å². The number of phenolic OH excluding ortho intramolecular Hbond substituents is 3. The van der Waals surface area contributed by atoms with Crippen LogP contribution in [0.3, 0.4) is 0 Å². The number of carboxylic acid groups (broad SMARTS) is 5. The number of aliphatic hydroxyl groups is 3. The summed E-state index contributed by atoms with van der Waals surface area (Å²) in [5, 5.41) is 116. The van der Waals surface area contributed by atoms with E-state index in [-0.39, 0.29) is 5.56 Å². The minimum atomic E-state index is -2.79. The molecule has 2 aromatic rings. The highest BCUT2D eigenvalue weighted by molar-refractivity contribution is 6.49. The number of ketones is 4. The molecule has 2 aromatic carbocycles. The van der Waals surface area contributed by atoms with Crippen molar-refractivity contribution in [1.82, 2.24) is 0 Å². The van der Waals surface area contributed by atoms with Crippen molar-refractivity contribution in [3.8, 4) is 23.0 Å². The van der Waals surface area contributed by atoms with E-state index in [0.717, 1.165) is 26.8 Å². The summed E-state index contributed by atoms with van der Waals surface area (Å²) in [5.74, 6) is -32.8. The van der Waals surface area contributed by atoms with E-state index < -0.39 is 195 Å². The zero-order valence-corrected chi connectivity index (χ0v) is 36.2. The molecule has 0 fully saturated rings. The van der Waals surface area contributed by atoms with Crippen molar-refractivity contribution in [2.45, 2.75) is 83.7 Å². The lowest BCUT2D eigenvalue weighted by atomic mass is 9.78. The van der Waals surface area contributed by atoms with Crippen LogP contribution in [0.15, 0.2) is 35.6 Å². The second-order valence-corrected chi connectivity index (χ2v) is 15.5. The Morgan fingerprint density at radius 3 is 1.79 bits per heavy atom. The van der Waals surface area contributed by atoms with Crippen LogP contribution in [0.25, 0.3) is 0 Å². The number of hydrogen-bond acceptors (Lipinski definition) is 20. The molecule has 68 heavy (non-hydrogen) atoms. The maximum atomic E-state index is 14.4. The van der Waals surface area contributed by atoms with Gasteiger partial charge in [0, 0.05) is 35.3 Å². The van der Waals surface area contributed by atoms with Gasteiger partial charge >= 0.3 is 41.8 Å². The number of ether oxygens (including phenoxy) is 3. The van der Waals surface area contributed by atoms with Gasteiger partial charge in [0.1, 0.15) is 18.6 Å². The van der Waals surface area contributed by atoms with Gasteiger partial charge in [-0.15, -0.1) is 0 Å². The summed E-state index contributed by atoms with van der Waals surface area (Å²) in [6.45, 7) is 4.26. The summed E-state index contributed by atoms with van der Waals surface area (Å²) in [6.07, 6.45) is -10.7. The predicted molar refractivity (Wildman–Crippen MR) is 219 cm³/mol. The van der Waals surface area contributed by atoms with Crippen LogP contribution in [-0.4, -0.2) is 146 Å². The third-order valence-corrected chi connectivity index (χ3v) is 10.4. The van der Waals surface area contributed by atoms with Crippen molar-refractivity contribution in [2.24, 2.45) is 11.8 Å². The Bertz CT molecular complexity index is 2550. The lowest BCUT2D eigenvalue weighted by Crippen LogP contribution is -2.40. The van der Waals surface area contributed by atoms with Crippen LogP contribution in [0.4, 0.5) is 0 Å². The van der Waals surface area contributed by atoms with Crippen molar-refractivity contribution in [3.63, 3.8) is 0 Å². The van der Waals surface area contributed by atoms with Crippen LogP contribution in [0.2, 0.25) is 0 Å². The van der Waals surface area contributed by atoms with Crippen LogP contribution in [0.5, 0.6) is 23.0 Å². The van der Waals surface area contributed by atoms with E-state index in [0.29, 0.717) is 18.2 Å². The highest BCUT2D eigenvalue weighted by Crippen LogP contribution is 2.49. The van der Waals surface area contributed by atoms with Gasteiger partial charge in [0.05, 0.1) is 36.3 Å². The summed E-state index contributed by atoms with van der Waals surface area (Å²) < 4.78 is 15.0. The Labute approximate surface area is 381 Å². The lowest BCUT2D eigenvalue weighted by molar-refractivity contribution is -0.169. The van der Waals surface area contributed by atoms with Gasteiger partial charge in [-0.3, -0.25) is 43.2 Å². The molecule has 0 bridgehead atoms. The zero-order chi connectivity index (χ0) is 52.0. The molecular formula is C43H44O25. The molecule has 7 unspecified atom stereocenters. The molecule has 0 spiro atoms. The SMILES string of the molecule is CC(=O)OC(C)C(O)C(=O)OCC(C(=O)c1cc(O)c(O)c(C(C(=O)O)C(O)c2cc(C(C)C)c(OC(CC(=O)O)C(=O)O)c(O)c2C(=O)C2=CC(=O)C(=O)C(O)=C2)c1C)C(CC(=O)O)C(=O)O. The molecule has 0 amide bonds.